The van der Waals surface area contributed by atoms with Crippen LogP contribution in [0.3, 0.4) is 0 Å². The number of para-hydroxylation sites is 1. The number of amides is 1. The van der Waals surface area contributed by atoms with Crippen molar-refractivity contribution in [2.75, 3.05) is 30.9 Å². The molecule has 2 N–H and O–H groups in total. The Morgan fingerprint density at radius 1 is 0.926 bits per heavy atom. The van der Waals surface area contributed by atoms with Gasteiger partial charge in [-0.15, -0.1) is 10.2 Å². The molecule has 7 heteroatoms. The highest BCUT2D eigenvalue weighted by molar-refractivity contribution is 6.02. The van der Waals surface area contributed by atoms with E-state index in [0.717, 1.165) is 11.5 Å². The van der Waals surface area contributed by atoms with Gasteiger partial charge in [-0.3, -0.25) is 4.79 Å². The standard InChI is InChI=1S/C20H20N4O3/c1-26-16-7-9-17(10-8-16)27-14-13-21-19-12-11-18(23-24-19)20(25)22-15-5-3-2-4-6-15/h2-12H,13-14H2,1H3,(H,21,24)(H,22,25). The minimum atomic E-state index is -0.303. The minimum Gasteiger partial charge on any atom is -0.497 e. The lowest BCUT2D eigenvalue weighted by Gasteiger charge is -2.09. The highest BCUT2D eigenvalue weighted by Gasteiger charge is 2.08. The number of hydrogen-bond acceptors (Lipinski definition) is 6. The Balaban J connectivity index is 1.44. The van der Waals surface area contributed by atoms with Crippen LogP contribution in [0.4, 0.5) is 11.5 Å². The summed E-state index contributed by atoms with van der Waals surface area (Å²) in [6.07, 6.45) is 0. The molecule has 2 aromatic carbocycles. The van der Waals surface area contributed by atoms with Gasteiger partial charge in [0.1, 0.15) is 23.9 Å². The lowest BCUT2D eigenvalue weighted by atomic mass is 10.3. The zero-order chi connectivity index (χ0) is 18.9. The van der Waals surface area contributed by atoms with Crippen LogP contribution >= 0.6 is 0 Å². The van der Waals surface area contributed by atoms with Crippen molar-refractivity contribution in [3.63, 3.8) is 0 Å². The van der Waals surface area contributed by atoms with Crippen LogP contribution in [0.25, 0.3) is 0 Å². The maximum absolute atomic E-state index is 12.1. The van der Waals surface area contributed by atoms with Crippen LogP contribution in [0.1, 0.15) is 10.5 Å². The van der Waals surface area contributed by atoms with E-state index in [-0.39, 0.29) is 11.6 Å². The van der Waals surface area contributed by atoms with Crippen molar-refractivity contribution in [2.24, 2.45) is 0 Å². The van der Waals surface area contributed by atoms with Gasteiger partial charge in [0.25, 0.3) is 5.91 Å². The molecule has 1 aromatic heterocycles. The first-order valence-electron chi connectivity index (χ1n) is 8.45. The van der Waals surface area contributed by atoms with Gasteiger partial charge >= 0.3 is 0 Å². The molecule has 138 valence electrons. The monoisotopic (exact) mass is 364 g/mol. The number of carbonyl (C=O) groups excluding carboxylic acids is 1. The fourth-order valence-electron chi connectivity index (χ4n) is 2.28. The molecule has 0 radical (unpaired) electrons. The summed E-state index contributed by atoms with van der Waals surface area (Å²) in [5, 5.41) is 13.8. The number of methoxy groups -OCH3 is 1. The van der Waals surface area contributed by atoms with Gasteiger partial charge in [0.2, 0.25) is 0 Å². The fraction of sp³-hybridized carbons (Fsp3) is 0.150. The van der Waals surface area contributed by atoms with E-state index in [1.165, 1.54) is 0 Å². The number of carbonyl (C=O) groups is 1. The molecule has 0 atom stereocenters. The molecule has 0 aliphatic heterocycles. The molecule has 0 unspecified atom stereocenters. The smallest absolute Gasteiger partial charge is 0.276 e. The second kappa shape index (κ2) is 9.19. The number of rotatable bonds is 8. The molecule has 0 fully saturated rings. The third-order valence-electron chi connectivity index (χ3n) is 3.67. The normalized spacial score (nSPS) is 10.1. The SMILES string of the molecule is COc1ccc(OCCNc2ccc(C(=O)Nc3ccccc3)nn2)cc1. The van der Waals surface area contributed by atoms with E-state index in [1.54, 1.807) is 19.2 Å². The third-order valence-corrected chi connectivity index (χ3v) is 3.67. The molecule has 3 aromatic rings. The predicted octanol–water partition coefficient (Wildman–Crippen LogP) is 3.23. The Morgan fingerprint density at radius 2 is 1.67 bits per heavy atom. The van der Waals surface area contributed by atoms with Crippen LogP contribution in [0, 0.1) is 0 Å². The third kappa shape index (κ3) is 5.43. The van der Waals surface area contributed by atoms with Gasteiger partial charge < -0.3 is 20.1 Å². The zero-order valence-electron chi connectivity index (χ0n) is 14.9. The van der Waals surface area contributed by atoms with Crippen molar-refractivity contribution in [1.82, 2.24) is 10.2 Å². The molecule has 0 saturated heterocycles. The second-order valence-electron chi connectivity index (χ2n) is 5.57. The highest BCUT2D eigenvalue weighted by atomic mass is 16.5. The topological polar surface area (TPSA) is 85.4 Å². The van der Waals surface area contributed by atoms with Crippen LogP contribution in [0.5, 0.6) is 11.5 Å². The van der Waals surface area contributed by atoms with E-state index in [2.05, 4.69) is 20.8 Å². The van der Waals surface area contributed by atoms with Crippen LogP contribution in [0.15, 0.2) is 66.7 Å². The summed E-state index contributed by atoms with van der Waals surface area (Å²) in [5.74, 6) is 1.82. The van der Waals surface area contributed by atoms with Crippen molar-refractivity contribution in [3.05, 3.63) is 72.4 Å². The van der Waals surface area contributed by atoms with E-state index < -0.39 is 0 Å². The molecular formula is C20H20N4O3. The molecule has 27 heavy (non-hydrogen) atoms. The molecular weight excluding hydrogens is 344 g/mol. The first kappa shape index (κ1) is 18.2. The van der Waals surface area contributed by atoms with E-state index in [0.29, 0.717) is 24.7 Å². The molecule has 1 amide bonds. The fourth-order valence-corrected chi connectivity index (χ4v) is 2.28. The quantitative estimate of drug-likeness (QED) is 0.597. The molecule has 0 bridgehead atoms. The van der Waals surface area contributed by atoms with E-state index in [1.807, 2.05) is 54.6 Å². The molecule has 3 rings (SSSR count). The maximum Gasteiger partial charge on any atom is 0.276 e. The van der Waals surface area contributed by atoms with Gasteiger partial charge in [0.05, 0.1) is 13.7 Å². The molecule has 0 aliphatic rings. The van der Waals surface area contributed by atoms with Gasteiger partial charge in [0.15, 0.2) is 5.69 Å². The molecule has 0 aliphatic carbocycles. The number of benzene rings is 2. The maximum atomic E-state index is 12.1. The highest BCUT2D eigenvalue weighted by Crippen LogP contribution is 2.16. The minimum absolute atomic E-state index is 0.249. The summed E-state index contributed by atoms with van der Waals surface area (Å²) in [4.78, 5) is 12.1. The molecule has 7 nitrogen and oxygen atoms in total. The first-order chi connectivity index (χ1) is 13.2. The number of nitrogens with zero attached hydrogens (tertiary/aromatic N) is 2. The Hall–Kier alpha value is -3.61. The first-order valence-corrected chi connectivity index (χ1v) is 8.45. The number of nitrogens with one attached hydrogen (secondary N) is 2. The molecule has 0 spiro atoms. The second-order valence-corrected chi connectivity index (χ2v) is 5.57. The van der Waals surface area contributed by atoms with Gasteiger partial charge in [-0.2, -0.15) is 0 Å². The van der Waals surface area contributed by atoms with E-state index >= 15 is 0 Å². The van der Waals surface area contributed by atoms with Crippen LogP contribution < -0.4 is 20.1 Å². The number of ether oxygens (including phenoxy) is 2. The average Bonchev–Trinajstić information content (AvgIpc) is 2.73. The summed E-state index contributed by atoms with van der Waals surface area (Å²) in [6.45, 7) is 1.01. The van der Waals surface area contributed by atoms with Crippen molar-refractivity contribution in [3.8, 4) is 11.5 Å². The lowest BCUT2D eigenvalue weighted by Crippen LogP contribution is -2.16. The summed E-state index contributed by atoms with van der Waals surface area (Å²) in [6, 6.07) is 19.9. The summed E-state index contributed by atoms with van der Waals surface area (Å²) in [7, 11) is 1.62. The van der Waals surface area contributed by atoms with Gasteiger partial charge in [0, 0.05) is 5.69 Å². The van der Waals surface area contributed by atoms with Crippen molar-refractivity contribution < 1.29 is 14.3 Å². The summed E-state index contributed by atoms with van der Waals surface area (Å²) in [5.41, 5.74) is 0.959. The Kier molecular flexibility index (Phi) is 6.19. The largest absolute Gasteiger partial charge is 0.497 e. The molecule has 1 heterocycles. The van der Waals surface area contributed by atoms with Crippen molar-refractivity contribution >= 4 is 17.4 Å². The van der Waals surface area contributed by atoms with Crippen LogP contribution in [-0.2, 0) is 0 Å². The summed E-state index contributed by atoms with van der Waals surface area (Å²) < 4.78 is 10.7. The molecule has 0 saturated carbocycles. The Morgan fingerprint density at radius 3 is 2.33 bits per heavy atom. The summed E-state index contributed by atoms with van der Waals surface area (Å²) >= 11 is 0. The van der Waals surface area contributed by atoms with Crippen molar-refractivity contribution in [1.29, 1.82) is 0 Å². The van der Waals surface area contributed by atoms with E-state index in [4.69, 9.17) is 9.47 Å². The number of aromatic nitrogens is 2. The number of hydrogen-bond donors (Lipinski definition) is 2. The van der Waals surface area contributed by atoms with Gasteiger partial charge in [-0.1, -0.05) is 18.2 Å². The van der Waals surface area contributed by atoms with Crippen LogP contribution in [-0.4, -0.2) is 36.4 Å². The van der Waals surface area contributed by atoms with Crippen molar-refractivity contribution in [2.45, 2.75) is 0 Å². The zero-order valence-corrected chi connectivity index (χ0v) is 14.9. The van der Waals surface area contributed by atoms with Gasteiger partial charge in [-0.05, 0) is 48.5 Å². The average molecular weight is 364 g/mol. The van der Waals surface area contributed by atoms with E-state index in [9.17, 15) is 4.79 Å². The van der Waals surface area contributed by atoms with Gasteiger partial charge in [-0.25, -0.2) is 0 Å². The predicted molar refractivity (Wildman–Crippen MR) is 103 cm³/mol. The lowest BCUT2D eigenvalue weighted by molar-refractivity contribution is 0.102. The van der Waals surface area contributed by atoms with Crippen LogP contribution in [0.2, 0.25) is 0 Å². The Labute approximate surface area is 157 Å². The number of anilines is 2. The Bertz CT molecular complexity index is 853.